The topological polar surface area (TPSA) is 128 Å². The molecule has 7 rings (SSSR count). The number of imidazole rings is 1. The number of nitrogens with one attached hydrogen (secondary N) is 1. The van der Waals surface area contributed by atoms with Gasteiger partial charge in [-0.25, -0.2) is 22.6 Å². The summed E-state index contributed by atoms with van der Waals surface area (Å²) in [6, 6.07) is 13.9. The Kier molecular flexibility index (Phi) is 10.7. The van der Waals surface area contributed by atoms with Gasteiger partial charge in [0.05, 0.1) is 4.90 Å². The van der Waals surface area contributed by atoms with Crippen molar-refractivity contribution in [1.29, 1.82) is 0 Å². The lowest BCUT2D eigenvalue weighted by Gasteiger charge is -2.51. The van der Waals surface area contributed by atoms with Crippen molar-refractivity contribution >= 4 is 27.5 Å². The van der Waals surface area contributed by atoms with Crippen LogP contribution in [0.15, 0.2) is 78.5 Å². The van der Waals surface area contributed by atoms with Gasteiger partial charge < -0.3 is 29.7 Å². The predicted octanol–water partition coefficient (Wildman–Crippen LogP) is 4.98. The normalized spacial score (nSPS) is 22.9. The van der Waals surface area contributed by atoms with Crippen LogP contribution in [-0.4, -0.2) is 102 Å². The number of sulfone groups is 1. The first-order chi connectivity index (χ1) is 25.5. The number of likely N-dealkylation sites (tertiary alicyclic amines) is 2. The average Bonchev–Trinajstić information content (AvgIpc) is 3.77. The minimum Gasteiger partial charge on any atom is -0.465 e. The molecule has 3 atom stereocenters. The number of amides is 2. The summed E-state index contributed by atoms with van der Waals surface area (Å²) >= 11 is 0. The summed E-state index contributed by atoms with van der Waals surface area (Å²) in [6.45, 7) is 11.2. The Morgan fingerprint density at radius 2 is 1.79 bits per heavy atom. The predicted molar refractivity (Wildman–Crippen MR) is 201 cm³/mol. The van der Waals surface area contributed by atoms with Gasteiger partial charge in [-0.3, -0.25) is 4.79 Å². The quantitative estimate of drug-likeness (QED) is 0.235. The zero-order chi connectivity index (χ0) is 37.3. The number of benzene rings is 2. The van der Waals surface area contributed by atoms with Crippen molar-refractivity contribution in [3.05, 3.63) is 90.8 Å². The number of hydrogen-bond acceptors (Lipinski definition) is 7. The fourth-order valence-electron chi connectivity index (χ4n) is 9.73. The average molecular weight is 747 g/mol. The number of halogens is 1. The van der Waals surface area contributed by atoms with Crippen LogP contribution < -0.4 is 10.2 Å². The van der Waals surface area contributed by atoms with Gasteiger partial charge in [0.2, 0.25) is 5.91 Å². The fraction of sp³-hybridized carbons (Fsp3) is 0.525. The van der Waals surface area contributed by atoms with E-state index in [1.165, 1.54) is 17.0 Å². The molecular formula is C40H51FN6O5S. The number of carboxylic acid groups (broad SMARTS) is 1. The van der Waals surface area contributed by atoms with Crippen LogP contribution >= 0.6 is 0 Å². The summed E-state index contributed by atoms with van der Waals surface area (Å²) in [4.78, 5) is 35.0. The molecule has 2 N–H and O–H groups in total. The highest BCUT2D eigenvalue weighted by molar-refractivity contribution is 7.92. The first-order valence-corrected chi connectivity index (χ1v) is 20.5. The lowest BCUT2D eigenvalue weighted by atomic mass is 9.58. The minimum atomic E-state index is -3.51. The standard InChI is InChI=1S/C40H51FN6O5S/c1-3-37-42-17-20-45(37)27-40(30-7-5-8-31(41)21-30,35-9-6-10-36(35)43-39(49)50)29-15-18-44(19-16-29)22-28-23-46(24-28)32-11-13-33(14-12-32)53(51,52)34-25-47(26-34)38(48)4-2/h4-5,7-8,11-14,17,20-21,28-29,34-36,43H,2-3,6,9-10,15-16,18-19,22-27H2,1H3,(H,49,50)/t35-,36-,40?/m0/s1. The van der Waals surface area contributed by atoms with Crippen LogP contribution in [0.4, 0.5) is 14.9 Å². The second-order valence-corrected chi connectivity index (χ2v) is 17.7. The zero-order valence-corrected chi connectivity index (χ0v) is 31.3. The first-order valence-electron chi connectivity index (χ1n) is 19.0. The second kappa shape index (κ2) is 15.3. The number of piperidine rings is 1. The Balaban J connectivity index is 1.02. The third-order valence-corrected chi connectivity index (χ3v) is 14.6. The van der Waals surface area contributed by atoms with E-state index in [-0.39, 0.29) is 47.6 Å². The highest BCUT2D eigenvalue weighted by Gasteiger charge is 2.52. The molecule has 3 aromatic rings. The minimum absolute atomic E-state index is 0.00972. The molecular weight excluding hydrogens is 696 g/mol. The molecule has 4 fully saturated rings. The highest BCUT2D eigenvalue weighted by atomic mass is 32.2. The van der Waals surface area contributed by atoms with Crippen molar-refractivity contribution in [3.8, 4) is 0 Å². The smallest absolute Gasteiger partial charge is 0.404 e. The molecule has 4 heterocycles. The fourth-order valence-corrected chi connectivity index (χ4v) is 11.4. The van der Waals surface area contributed by atoms with E-state index >= 15 is 4.39 Å². The molecule has 4 aliphatic rings. The number of carbonyl (C=O) groups is 2. The van der Waals surface area contributed by atoms with Crippen LogP contribution in [0.5, 0.6) is 0 Å². The van der Waals surface area contributed by atoms with Crippen LogP contribution in [-0.2, 0) is 33.0 Å². The third-order valence-electron chi connectivity index (χ3n) is 12.5. The van der Waals surface area contributed by atoms with E-state index in [0.29, 0.717) is 12.5 Å². The van der Waals surface area contributed by atoms with Gasteiger partial charge in [0.1, 0.15) is 16.9 Å². The number of aromatic nitrogens is 2. The summed E-state index contributed by atoms with van der Waals surface area (Å²) in [5, 5.41) is 12.1. The van der Waals surface area contributed by atoms with E-state index in [1.54, 1.807) is 24.3 Å². The van der Waals surface area contributed by atoms with Crippen LogP contribution in [0, 0.1) is 23.6 Å². The van der Waals surface area contributed by atoms with E-state index in [1.807, 2.05) is 30.6 Å². The third kappa shape index (κ3) is 7.34. The zero-order valence-electron chi connectivity index (χ0n) is 30.4. The van der Waals surface area contributed by atoms with E-state index in [0.717, 1.165) is 88.3 Å². The van der Waals surface area contributed by atoms with Crippen molar-refractivity contribution in [1.82, 2.24) is 24.7 Å². The number of nitrogens with zero attached hydrogens (tertiary/aromatic N) is 5. The van der Waals surface area contributed by atoms with Crippen molar-refractivity contribution < 1.29 is 27.5 Å². The molecule has 3 saturated heterocycles. The summed E-state index contributed by atoms with van der Waals surface area (Å²) in [6.07, 6.45) is 9.23. The van der Waals surface area contributed by atoms with Crippen molar-refractivity contribution in [2.45, 2.75) is 73.6 Å². The number of aryl methyl sites for hydroxylation is 1. The Morgan fingerprint density at radius 3 is 2.45 bits per heavy atom. The van der Waals surface area contributed by atoms with Gasteiger partial charge in [0.25, 0.3) is 0 Å². The number of rotatable bonds is 13. The molecule has 13 heteroatoms. The molecule has 53 heavy (non-hydrogen) atoms. The number of carbonyl (C=O) groups excluding carboxylic acids is 1. The van der Waals surface area contributed by atoms with Gasteiger partial charge in [-0.15, -0.1) is 0 Å². The summed E-state index contributed by atoms with van der Waals surface area (Å²) in [5.41, 5.74) is 1.46. The summed E-state index contributed by atoms with van der Waals surface area (Å²) in [5.74, 6) is 1.17. The summed E-state index contributed by atoms with van der Waals surface area (Å²) in [7, 11) is -3.51. The van der Waals surface area contributed by atoms with Crippen LogP contribution in [0.2, 0.25) is 0 Å². The van der Waals surface area contributed by atoms with E-state index in [2.05, 4.69) is 38.2 Å². The van der Waals surface area contributed by atoms with Gasteiger partial charge in [0, 0.05) is 81.1 Å². The number of anilines is 1. The lowest BCUT2D eigenvalue weighted by Crippen LogP contribution is -2.56. The van der Waals surface area contributed by atoms with Gasteiger partial charge in [-0.2, -0.15) is 0 Å². The molecule has 0 radical (unpaired) electrons. The SMILES string of the molecule is C=CC(=O)N1CC(S(=O)(=O)c2ccc(N3CC(CN4CCC(C(Cn5ccnc5CC)(c5cccc(F)c5)[C@H]5CCC[C@@H]5NC(=O)O)CC4)C3)cc2)C1. The Bertz CT molecular complexity index is 1900. The molecule has 1 aromatic heterocycles. The monoisotopic (exact) mass is 746 g/mol. The maximum absolute atomic E-state index is 15.1. The van der Waals surface area contributed by atoms with Crippen LogP contribution in [0.3, 0.4) is 0 Å². The van der Waals surface area contributed by atoms with E-state index in [4.69, 9.17) is 0 Å². The molecule has 2 aromatic carbocycles. The Morgan fingerprint density at radius 1 is 1.06 bits per heavy atom. The number of hydrogen-bond donors (Lipinski definition) is 2. The highest BCUT2D eigenvalue weighted by Crippen LogP contribution is 2.52. The molecule has 3 aliphatic heterocycles. The van der Waals surface area contributed by atoms with E-state index in [9.17, 15) is 23.1 Å². The second-order valence-electron chi connectivity index (χ2n) is 15.4. The molecule has 1 unspecified atom stereocenters. The Labute approximate surface area is 311 Å². The molecule has 0 spiro atoms. The van der Waals surface area contributed by atoms with Gasteiger partial charge in [-0.05, 0) is 98.6 Å². The maximum Gasteiger partial charge on any atom is 0.404 e. The lowest BCUT2D eigenvalue weighted by molar-refractivity contribution is -0.129. The molecule has 2 amide bonds. The van der Waals surface area contributed by atoms with Gasteiger partial charge >= 0.3 is 6.09 Å². The van der Waals surface area contributed by atoms with Crippen molar-refractivity contribution in [3.63, 3.8) is 0 Å². The molecule has 11 nitrogen and oxygen atoms in total. The van der Waals surface area contributed by atoms with Crippen LogP contribution in [0.1, 0.15) is 50.4 Å². The van der Waals surface area contributed by atoms with Gasteiger partial charge in [-0.1, -0.05) is 32.1 Å². The largest absolute Gasteiger partial charge is 0.465 e. The Hall–Kier alpha value is -4.23. The first kappa shape index (κ1) is 37.1. The molecule has 284 valence electrons. The van der Waals surface area contributed by atoms with Crippen molar-refractivity contribution in [2.75, 3.05) is 50.7 Å². The van der Waals surface area contributed by atoms with E-state index < -0.39 is 26.6 Å². The van der Waals surface area contributed by atoms with Gasteiger partial charge in [0.15, 0.2) is 9.84 Å². The molecule has 0 bridgehead atoms. The molecule has 1 saturated carbocycles. The summed E-state index contributed by atoms with van der Waals surface area (Å²) < 4.78 is 43.5. The van der Waals surface area contributed by atoms with Crippen LogP contribution in [0.25, 0.3) is 0 Å². The maximum atomic E-state index is 15.1. The van der Waals surface area contributed by atoms with Crippen molar-refractivity contribution in [2.24, 2.45) is 17.8 Å². The molecule has 1 aliphatic carbocycles.